The van der Waals surface area contributed by atoms with Crippen LogP contribution in [0.3, 0.4) is 0 Å². The minimum absolute atomic E-state index is 0.0784. The third-order valence-corrected chi connectivity index (χ3v) is 4.51. The first kappa shape index (κ1) is 14.8. The summed E-state index contributed by atoms with van der Waals surface area (Å²) in [4.78, 5) is 37.8. The highest BCUT2D eigenvalue weighted by molar-refractivity contribution is 6.10. The monoisotopic (exact) mass is 305 g/mol. The molecular formula is C16H19NO5. The van der Waals surface area contributed by atoms with E-state index in [0.29, 0.717) is 42.9 Å². The zero-order valence-electron chi connectivity index (χ0n) is 12.6. The summed E-state index contributed by atoms with van der Waals surface area (Å²) in [5, 5.41) is 9.33. The molecule has 118 valence electrons. The molecule has 2 aliphatic rings. The fourth-order valence-corrected chi connectivity index (χ4v) is 3.44. The van der Waals surface area contributed by atoms with Gasteiger partial charge in [-0.25, -0.2) is 4.79 Å². The molecule has 1 atom stereocenters. The van der Waals surface area contributed by atoms with Gasteiger partial charge in [0.2, 0.25) is 0 Å². The predicted molar refractivity (Wildman–Crippen MR) is 77.0 cm³/mol. The summed E-state index contributed by atoms with van der Waals surface area (Å²) in [6.07, 6.45) is 3.82. The number of furan rings is 1. The van der Waals surface area contributed by atoms with Crippen molar-refractivity contribution >= 4 is 17.7 Å². The van der Waals surface area contributed by atoms with Gasteiger partial charge >= 0.3 is 5.97 Å². The molecule has 1 aliphatic heterocycles. The number of ketones is 1. The van der Waals surface area contributed by atoms with Crippen LogP contribution >= 0.6 is 0 Å². The Kier molecular flexibility index (Phi) is 3.76. The molecule has 6 heteroatoms. The number of piperidine rings is 1. The van der Waals surface area contributed by atoms with Gasteiger partial charge in [-0.3, -0.25) is 9.59 Å². The molecule has 0 aromatic carbocycles. The van der Waals surface area contributed by atoms with E-state index in [1.54, 1.807) is 6.92 Å². The van der Waals surface area contributed by atoms with E-state index in [9.17, 15) is 19.5 Å². The Labute approximate surface area is 128 Å². The van der Waals surface area contributed by atoms with Crippen LogP contribution in [-0.4, -0.2) is 40.3 Å². The Balaban J connectivity index is 2.00. The van der Waals surface area contributed by atoms with Gasteiger partial charge in [0, 0.05) is 19.4 Å². The first-order chi connectivity index (χ1) is 10.5. The summed E-state index contributed by atoms with van der Waals surface area (Å²) in [6.45, 7) is 2.07. The minimum atomic E-state index is -0.991. The van der Waals surface area contributed by atoms with Crippen molar-refractivity contribution in [2.24, 2.45) is 0 Å². The van der Waals surface area contributed by atoms with Crippen LogP contribution in [0.15, 0.2) is 4.42 Å². The third kappa shape index (κ3) is 2.32. The second-order valence-corrected chi connectivity index (χ2v) is 5.96. The largest absolute Gasteiger partial charge is 0.480 e. The number of carbonyl (C=O) groups excluding carboxylic acids is 2. The number of amides is 1. The number of aliphatic carboxylic acids is 1. The lowest BCUT2D eigenvalue weighted by Gasteiger charge is -2.33. The highest BCUT2D eigenvalue weighted by Gasteiger charge is 2.37. The van der Waals surface area contributed by atoms with E-state index in [-0.39, 0.29) is 17.3 Å². The fourth-order valence-electron chi connectivity index (χ4n) is 3.44. The second-order valence-electron chi connectivity index (χ2n) is 5.96. The van der Waals surface area contributed by atoms with Crippen LogP contribution in [0.4, 0.5) is 0 Å². The molecule has 0 unspecified atom stereocenters. The van der Waals surface area contributed by atoms with Crippen molar-refractivity contribution in [3.05, 3.63) is 22.6 Å². The van der Waals surface area contributed by atoms with Crippen molar-refractivity contribution in [2.75, 3.05) is 6.54 Å². The lowest BCUT2D eigenvalue weighted by atomic mass is 9.92. The quantitative estimate of drug-likeness (QED) is 0.905. The Morgan fingerprint density at radius 1 is 1.23 bits per heavy atom. The van der Waals surface area contributed by atoms with E-state index < -0.39 is 12.0 Å². The molecular weight excluding hydrogens is 286 g/mol. The van der Waals surface area contributed by atoms with Gasteiger partial charge in [0.1, 0.15) is 17.6 Å². The molecule has 1 N–H and O–H groups in total. The van der Waals surface area contributed by atoms with Crippen LogP contribution in [0.1, 0.15) is 64.3 Å². The zero-order valence-corrected chi connectivity index (χ0v) is 12.6. The molecule has 0 radical (unpaired) electrons. The number of fused-ring (bicyclic) bond motifs is 1. The number of carboxylic acids is 1. The van der Waals surface area contributed by atoms with E-state index in [2.05, 4.69) is 0 Å². The molecule has 1 aromatic rings. The predicted octanol–water partition coefficient (Wildman–Crippen LogP) is 2.19. The number of carboxylic acid groups (broad SMARTS) is 1. The van der Waals surface area contributed by atoms with Crippen LogP contribution in [0.5, 0.6) is 0 Å². The molecule has 1 saturated heterocycles. The maximum atomic E-state index is 12.9. The van der Waals surface area contributed by atoms with Crippen molar-refractivity contribution in [3.63, 3.8) is 0 Å². The van der Waals surface area contributed by atoms with Gasteiger partial charge in [0.25, 0.3) is 5.91 Å². The average Bonchev–Trinajstić information content (AvgIpc) is 2.84. The summed E-state index contributed by atoms with van der Waals surface area (Å²) in [5.41, 5.74) is 0.649. The molecule has 6 nitrogen and oxygen atoms in total. The molecule has 2 heterocycles. The van der Waals surface area contributed by atoms with Gasteiger partial charge in [-0.15, -0.1) is 0 Å². The highest BCUT2D eigenvalue weighted by atomic mass is 16.4. The number of aryl methyl sites for hydroxylation is 2. The number of nitrogens with zero attached hydrogens (tertiary/aromatic N) is 1. The molecule has 0 spiro atoms. The number of hydrogen-bond acceptors (Lipinski definition) is 4. The van der Waals surface area contributed by atoms with Crippen LogP contribution in [0.2, 0.25) is 0 Å². The summed E-state index contributed by atoms with van der Waals surface area (Å²) < 4.78 is 5.60. The van der Waals surface area contributed by atoms with Gasteiger partial charge in [-0.05, 0) is 32.6 Å². The van der Waals surface area contributed by atoms with Crippen molar-refractivity contribution in [1.82, 2.24) is 4.90 Å². The maximum Gasteiger partial charge on any atom is 0.326 e. The smallest absolute Gasteiger partial charge is 0.326 e. The lowest BCUT2D eigenvalue weighted by Crippen LogP contribution is -2.48. The molecule has 0 saturated carbocycles. The SMILES string of the molecule is Cc1oc2c(c1C(=O)N1CCCC[C@@H]1C(=O)O)C(=O)CCC2. The Hall–Kier alpha value is -2.11. The van der Waals surface area contributed by atoms with Gasteiger partial charge in [-0.1, -0.05) is 0 Å². The second kappa shape index (κ2) is 5.59. The average molecular weight is 305 g/mol. The van der Waals surface area contributed by atoms with Gasteiger partial charge < -0.3 is 14.4 Å². The molecule has 1 aliphatic carbocycles. The molecule has 1 fully saturated rings. The first-order valence-electron chi connectivity index (χ1n) is 7.70. The topological polar surface area (TPSA) is 87.8 Å². The van der Waals surface area contributed by atoms with Gasteiger partial charge in [-0.2, -0.15) is 0 Å². The molecule has 1 amide bonds. The van der Waals surface area contributed by atoms with Crippen molar-refractivity contribution in [3.8, 4) is 0 Å². The van der Waals surface area contributed by atoms with Crippen LogP contribution in [-0.2, 0) is 11.2 Å². The zero-order chi connectivity index (χ0) is 15.9. The molecule has 22 heavy (non-hydrogen) atoms. The molecule has 0 bridgehead atoms. The van der Waals surface area contributed by atoms with Gasteiger partial charge in [0.15, 0.2) is 5.78 Å². The summed E-state index contributed by atoms with van der Waals surface area (Å²) >= 11 is 0. The lowest BCUT2D eigenvalue weighted by molar-refractivity contribution is -0.143. The Morgan fingerprint density at radius 2 is 2.00 bits per heavy atom. The summed E-state index contributed by atoms with van der Waals surface area (Å²) in [6, 6.07) is -0.815. The first-order valence-corrected chi connectivity index (χ1v) is 7.70. The van der Waals surface area contributed by atoms with E-state index in [1.165, 1.54) is 4.90 Å². The standard InChI is InChI=1S/C16H19NO5/c1-9-13(14-11(18)6-4-7-12(14)22-9)15(19)17-8-3-2-5-10(17)16(20)21/h10H,2-8H2,1H3,(H,20,21)/t10-/m1/s1. The van der Waals surface area contributed by atoms with E-state index in [1.807, 2.05) is 0 Å². The van der Waals surface area contributed by atoms with Crippen LogP contribution in [0.25, 0.3) is 0 Å². The normalized spacial score (nSPS) is 21.6. The number of Topliss-reactive ketones (excluding diaryl/α,β-unsaturated/α-hetero) is 1. The fraction of sp³-hybridized carbons (Fsp3) is 0.562. The highest BCUT2D eigenvalue weighted by Crippen LogP contribution is 2.32. The van der Waals surface area contributed by atoms with Crippen LogP contribution in [0, 0.1) is 6.92 Å². The number of hydrogen-bond donors (Lipinski definition) is 1. The molecule has 3 rings (SSSR count). The Bertz CT molecular complexity index is 645. The number of likely N-dealkylation sites (tertiary alicyclic amines) is 1. The van der Waals surface area contributed by atoms with E-state index in [4.69, 9.17) is 4.42 Å². The Morgan fingerprint density at radius 3 is 2.73 bits per heavy atom. The minimum Gasteiger partial charge on any atom is -0.480 e. The molecule has 1 aromatic heterocycles. The van der Waals surface area contributed by atoms with Gasteiger partial charge in [0.05, 0.1) is 11.1 Å². The van der Waals surface area contributed by atoms with Crippen molar-refractivity contribution < 1.29 is 23.9 Å². The maximum absolute atomic E-state index is 12.9. The summed E-state index contributed by atoms with van der Waals surface area (Å²) in [7, 11) is 0. The number of carbonyl (C=O) groups is 3. The summed E-state index contributed by atoms with van der Waals surface area (Å²) in [5.74, 6) is -0.467. The van der Waals surface area contributed by atoms with Crippen LogP contribution < -0.4 is 0 Å². The van der Waals surface area contributed by atoms with Crippen molar-refractivity contribution in [1.29, 1.82) is 0 Å². The number of rotatable bonds is 2. The van der Waals surface area contributed by atoms with E-state index >= 15 is 0 Å². The third-order valence-electron chi connectivity index (χ3n) is 4.51. The van der Waals surface area contributed by atoms with Crippen molar-refractivity contribution in [2.45, 2.75) is 51.5 Å². The van der Waals surface area contributed by atoms with E-state index in [0.717, 1.165) is 19.3 Å².